The lowest BCUT2D eigenvalue weighted by Crippen LogP contribution is -2.00. The van der Waals surface area contributed by atoms with E-state index in [0.29, 0.717) is 23.0 Å². The van der Waals surface area contributed by atoms with Crippen molar-refractivity contribution >= 4 is 31.5 Å². The van der Waals surface area contributed by atoms with E-state index in [1.54, 1.807) is 11.3 Å². The molecule has 0 aliphatic heterocycles. The second-order valence-electron chi connectivity index (χ2n) is 9.19. The summed E-state index contributed by atoms with van der Waals surface area (Å²) in [6.07, 6.45) is 0. The van der Waals surface area contributed by atoms with Crippen LogP contribution >= 0.6 is 11.3 Å². The number of benzene rings is 5. The molecule has 0 saturated heterocycles. The van der Waals surface area contributed by atoms with Crippen LogP contribution in [-0.2, 0) is 0 Å². The van der Waals surface area contributed by atoms with Gasteiger partial charge in [0, 0.05) is 36.9 Å². The van der Waals surface area contributed by atoms with Gasteiger partial charge in [0.2, 0.25) is 0 Å². The number of nitrogens with zero attached hydrogens (tertiary/aromatic N) is 4. The lowest BCUT2D eigenvalue weighted by atomic mass is 9.96. The molecule has 2 aromatic heterocycles. The van der Waals surface area contributed by atoms with Crippen LogP contribution in [0.15, 0.2) is 121 Å². The third kappa shape index (κ3) is 4.14. The van der Waals surface area contributed by atoms with Gasteiger partial charge in [0.15, 0.2) is 17.5 Å². The van der Waals surface area contributed by atoms with Crippen LogP contribution in [0.25, 0.3) is 65.5 Å². The summed E-state index contributed by atoms with van der Waals surface area (Å²) in [5.41, 5.74) is 5.70. The van der Waals surface area contributed by atoms with Crippen molar-refractivity contribution < 1.29 is 0 Å². The molecule has 5 heteroatoms. The number of aromatic nitrogens is 3. The van der Waals surface area contributed by atoms with Gasteiger partial charge in [0.05, 0.1) is 11.6 Å². The van der Waals surface area contributed by atoms with Crippen molar-refractivity contribution in [2.24, 2.45) is 0 Å². The van der Waals surface area contributed by atoms with E-state index in [0.717, 1.165) is 32.5 Å². The molecule has 0 fully saturated rings. The van der Waals surface area contributed by atoms with Gasteiger partial charge in [-0.25, -0.2) is 15.0 Å². The van der Waals surface area contributed by atoms with Crippen molar-refractivity contribution in [3.63, 3.8) is 0 Å². The second kappa shape index (κ2) is 9.60. The Labute approximate surface area is 229 Å². The smallest absolute Gasteiger partial charge is 0.165 e. The molecule has 39 heavy (non-hydrogen) atoms. The summed E-state index contributed by atoms with van der Waals surface area (Å²) in [5, 5.41) is 11.6. The van der Waals surface area contributed by atoms with Crippen LogP contribution in [0.3, 0.4) is 0 Å². The number of fused-ring (bicyclic) bond motifs is 3. The topological polar surface area (TPSA) is 62.5 Å². The molecule has 0 aliphatic carbocycles. The highest BCUT2D eigenvalue weighted by atomic mass is 32.1. The molecule has 7 aromatic rings. The molecule has 0 amide bonds. The summed E-state index contributed by atoms with van der Waals surface area (Å²) in [4.78, 5) is 14.8. The van der Waals surface area contributed by atoms with Gasteiger partial charge in [0.25, 0.3) is 0 Å². The molecule has 0 bridgehead atoms. The largest absolute Gasteiger partial charge is 0.208 e. The first-order valence-corrected chi connectivity index (χ1v) is 13.4. The number of rotatable bonds is 4. The zero-order chi connectivity index (χ0) is 26.2. The molecule has 0 radical (unpaired) electrons. The number of nitriles is 1. The van der Waals surface area contributed by atoms with Crippen LogP contribution in [0, 0.1) is 11.3 Å². The van der Waals surface area contributed by atoms with E-state index >= 15 is 0 Å². The Hall–Kier alpha value is -5.18. The highest BCUT2D eigenvalue weighted by Crippen LogP contribution is 2.44. The molecule has 0 aliphatic rings. The van der Waals surface area contributed by atoms with Gasteiger partial charge < -0.3 is 0 Å². The summed E-state index contributed by atoms with van der Waals surface area (Å²) < 4.78 is 2.33. The van der Waals surface area contributed by atoms with E-state index in [1.165, 1.54) is 15.5 Å². The van der Waals surface area contributed by atoms with Crippen molar-refractivity contribution in [2.45, 2.75) is 0 Å². The molecule has 7 rings (SSSR count). The maximum Gasteiger partial charge on any atom is 0.165 e. The van der Waals surface area contributed by atoms with Crippen LogP contribution in [-0.4, -0.2) is 15.0 Å². The third-order valence-corrected chi connectivity index (χ3v) is 8.00. The minimum atomic E-state index is 0.643. The van der Waals surface area contributed by atoms with Gasteiger partial charge >= 0.3 is 0 Å². The predicted octanol–water partition coefficient (Wildman–Crippen LogP) is 8.78. The van der Waals surface area contributed by atoms with Crippen LogP contribution in [0.2, 0.25) is 0 Å². The van der Waals surface area contributed by atoms with Crippen LogP contribution in [0.4, 0.5) is 0 Å². The van der Waals surface area contributed by atoms with Crippen molar-refractivity contribution in [1.29, 1.82) is 5.26 Å². The zero-order valence-corrected chi connectivity index (χ0v) is 21.6. The Balaban J connectivity index is 1.51. The van der Waals surface area contributed by atoms with Crippen LogP contribution in [0.5, 0.6) is 0 Å². The monoisotopic (exact) mass is 516 g/mol. The van der Waals surface area contributed by atoms with Gasteiger partial charge in [-0.2, -0.15) is 5.26 Å². The fourth-order valence-corrected chi connectivity index (χ4v) is 6.14. The van der Waals surface area contributed by atoms with Gasteiger partial charge in [-0.15, -0.1) is 11.3 Å². The number of hydrogen-bond donors (Lipinski definition) is 0. The molecule has 182 valence electrons. The second-order valence-corrected chi connectivity index (χ2v) is 10.2. The quantitative estimate of drug-likeness (QED) is 0.235. The Morgan fingerprint density at radius 3 is 1.72 bits per heavy atom. The van der Waals surface area contributed by atoms with E-state index in [-0.39, 0.29) is 0 Å². The number of hydrogen-bond acceptors (Lipinski definition) is 5. The number of thiophene rings is 1. The fraction of sp³-hybridized carbons (Fsp3) is 0. The molecule has 0 atom stereocenters. The molecule has 0 spiro atoms. The molecule has 0 N–H and O–H groups in total. The van der Waals surface area contributed by atoms with Crippen molar-refractivity contribution in [1.82, 2.24) is 15.0 Å². The van der Waals surface area contributed by atoms with Gasteiger partial charge in [-0.05, 0) is 35.4 Å². The summed E-state index contributed by atoms with van der Waals surface area (Å²) in [6.45, 7) is 0. The molecular formula is C34H20N4S. The minimum absolute atomic E-state index is 0.643. The summed E-state index contributed by atoms with van der Waals surface area (Å²) >= 11 is 1.75. The van der Waals surface area contributed by atoms with Gasteiger partial charge in [-0.1, -0.05) is 97.1 Å². The first-order chi connectivity index (χ1) is 19.3. The van der Waals surface area contributed by atoms with Crippen molar-refractivity contribution in [3.8, 4) is 51.4 Å². The van der Waals surface area contributed by atoms with E-state index in [1.807, 2.05) is 84.9 Å². The Morgan fingerprint density at radius 1 is 0.513 bits per heavy atom. The molecule has 0 unspecified atom stereocenters. The highest BCUT2D eigenvalue weighted by molar-refractivity contribution is 7.26. The van der Waals surface area contributed by atoms with Crippen molar-refractivity contribution in [3.05, 3.63) is 127 Å². The summed E-state index contributed by atoms with van der Waals surface area (Å²) in [5.74, 6) is 1.93. The first kappa shape index (κ1) is 23.0. The van der Waals surface area contributed by atoms with Crippen LogP contribution in [0.1, 0.15) is 5.56 Å². The maximum absolute atomic E-state index is 9.28. The Kier molecular flexibility index (Phi) is 5.66. The average molecular weight is 517 g/mol. The van der Waals surface area contributed by atoms with E-state index < -0.39 is 0 Å². The molecular weight excluding hydrogens is 496 g/mol. The van der Waals surface area contributed by atoms with Gasteiger partial charge in [0.1, 0.15) is 0 Å². The lowest BCUT2D eigenvalue weighted by Gasteiger charge is -2.11. The van der Waals surface area contributed by atoms with Gasteiger partial charge in [-0.3, -0.25) is 0 Å². The van der Waals surface area contributed by atoms with Crippen LogP contribution < -0.4 is 0 Å². The maximum atomic E-state index is 9.28. The lowest BCUT2D eigenvalue weighted by molar-refractivity contribution is 1.08. The van der Waals surface area contributed by atoms with E-state index in [9.17, 15) is 5.26 Å². The van der Waals surface area contributed by atoms with Crippen molar-refractivity contribution in [2.75, 3.05) is 0 Å². The molecule has 4 nitrogen and oxygen atoms in total. The minimum Gasteiger partial charge on any atom is -0.208 e. The SMILES string of the molecule is N#Cc1ccc(-c2ccc(-c3nc(-c4ccccc4)nc(-c4ccccc4)n3)c3sc4ccccc4c23)cc1. The predicted molar refractivity (Wildman–Crippen MR) is 159 cm³/mol. The Bertz CT molecular complexity index is 1950. The molecule has 5 aromatic carbocycles. The highest BCUT2D eigenvalue weighted by Gasteiger charge is 2.19. The fourth-order valence-electron chi connectivity index (χ4n) is 4.90. The standard InChI is InChI=1S/C34H20N4S/c35-21-22-15-17-23(18-16-22)26-19-20-28(31-30(26)27-13-7-8-14-29(27)39-31)34-37-32(24-9-3-1-4-10-24)36-33(38-34)25-11-5-2-6-12-25/h1-20H. The van der Waals surface area contributed by atoms with E-state index in [4.69, 9.17) is 15.0 Å². The molecule has 2 heterocycles. The summed E-state index contributed by atoms with van der Waals surface area (Å²) in [7, 11) is 0. The Morgan fingerprint density at radius 2 is 1.08 bits per heavy atom. The third-order valence-electron chi connectivity index (χ3n) is 6.79. The summed E-state index contributed by atoms with van der Waals surface area (Å²) in [6, 6.07) is 42.8. The normalized spacial score (nSPS) is 11.1. The zero-order valence-electron chi connectivity index (χ0n) is 20.7. The average Bonchev–Trinajstić information content (AvgIpc) is 3.41. The van der Waals surface area contributed by atoms with E-state index in [2.05, 4.69) is 42.5 Å². The molecule has 0 saturated carbocycles. The first-order valence-electron chi connectivity index (χ1n) is 12.6.